The Morgan fingerprint density at radius 1 is 1.21 bits per heavy atom. The van der Waals surface area contributed by atoms with E-state index in [-0.39, 0.29) is 11.8 Å². The van der Waals surface area contributed by atoms with E-state index >= 15 is 0 Å². The van der Waals surface area contributed by atoms with Crippen LogP contribution < -0.4 is 9.47 Å². The number of rotatable bonds is 7. The first kappa shape index (κ1) is 15.3. The van der Waals surface area contributed by atoms with E-state index in [1.807, 2.05) is 31.2 Å². The lowest BCUT2D eigenvalue weighted by molar-refractivity contribution is -0.173. The molecule has 0 saturated carbocycles. The van der Waals surface area contributed by atoms with E-state index in [0.717, 1.165) is 5.75 Å². The Hall–Kier alpha value is -1.75. The van der Waals surface area contributed by atoms with Gasteiger partial charge in [-0.25, -0.2) is 5.06 Å². The zero-order chi connectivity index (χ0) is 14.3. The molecule has 1 amide bonds. The van der Waals surface area contributed by atoms with Crippen molar-refractivity contribution in [3.8, 4) is 11.5 Å². The van der Waals surface area contributed by atoms with Crippen molar-refractivity contribution >= 4 is 5.91 Å². The Morgan fingerprint density at radius 3 is 2.21 bits per heavy atom. The van der Waals surface area contributed by atoms with Gasteiger partial charge in [0, 0.05) is 7.05 Å². The summed E-state index contributed by atoms with van der Waals surface area (Å²) in [6.45, 7) is 4.67. The van der Waals surface area contributed by atoms with Crippen molar-refractivity contribution in [2.24, 2.45) is 5.92 Å². The summed E-state index contributed by atoms with van der Waals surface area (Å²) in [6, 6.07) is 7.32. The lowest BCUT2D eigenvalue weighted by Crippen LogP contribution is -2.33. The van der Waals surface area contributed by atoms with Crippen molar-refractivity contribution in [2.45, 2.75) is 13.8 Å². The summed E-state index contributed by atoms with van der Waals surface area (Å²) in [5.41, 5.74) is 0. The molecule has 0 saturated heterocycles. The summed E-state index contributed by atoms with van der Waals surface area (Å²) < 4.78 is 10.9. The van der Waals surface area contributed by atoms with Crippen LogP contribution in [-0.4, -0.2) is 38.3 Å². The van der Waals surface area contributed by atoms with Crippen molar-refractivity contribution in [1.29, 1.82) is 0 Å². The Morgan fingerprint density at radius 2 is 1.74 bits per heavy atom. The lowest BCUT2D eigenvalue weighted by Gasteiger charge is -2.19. The first-order valence-corrected chi connectivity index (χ1v) is 6.25. The molecule has 0 aliphatic carbocycles. The molecule has 19 heavy (non-hydrogen) atoms. The molecule has 0 radical (unpaired) electrons. The summed E-state index contributed by atoms with van der Waals surface area (Å²) in [7, 11) is 3.04. The minimum atomic E-state index is -0.267. The van der Waals surface area contributed by atoms with Gasteiger partial charge in [0.15, 0.2) is 0 Å². The van der Waals surface area contributed by atoms with Crippen LogP contribution in [0.25, 0.3) is 0 Å². The van der Waals surface area contributed by atoms with Crippen molar-refractivity contribution < 1.29 is 19.1 Å². The Labute approximate surface area is 114 Å². The highest BCUT2D eigenvalue weighted by Crippen LogP contribution is 2.18. The predicted octanol–water partition coefficient (Wildman–Crippen LogP) is 2.12. The number of hydrogen-bond donors (Lipinski definition) is 0. The molecule has 1 aromatic rings. The second kappa shape index (κ2) is 7.63. The maximum atomic E-state index is 11.7. The zero-order valence-electron chi connectivity index (χ0n) is 11.9. The second-order valence-electron chi connectivity index (χ2n) is 4.13. The number of nitrogens with zero attached hydrogens (tertiary/aromatic N) is 1. The third-order valence-corrected chi connectivity index (χ3v) is 2.64. The van der Waals surface area contributed by atoms with Crippen LogP contribution in [0.3, 0.4) is 0 Å². The molecule has 0 N–H and O–H groups in total. The Balaban J connectivity index is 2.45. The van der Waals surface area contributed by atoms with Crippen LogP contribution >= 0.6 is 0 Å². The quantitative estimate of drug-likeness (QED) is 0.710. The molecule has 1 aromatic carbocycles. The maximum absolute atomic E-state index is 11.7. The van der Waals surface area contributed by atoms with Gasteiger partial charge in [-0.3, -0.25) is 9.63 Å². The van der Waals surface area contributed by atoms with Crippen molar-refractivity contribution in [3.05, 3.63) is 24.3 Å². The van der Waals surface area contributed by atoms with Crippen molar-refractivity contribution in [3.63, 3.8) is 0 Å². The third-order valence-electron chi connectivity index (χ3n) is 2.64. The highest BCUT2D eigenvalue weighted by molar-refractivity contribution is 5.77. The van der Waals surface area contributed by atoms with Gasteiger partial charge in [-0.05, 0) is 31.2 Å². The molecule has 1 atom stereocenters. The average Bonchev–Trinajstić information content (AvgIpc) is 2.44. The molecule has 1 unspecified atom stereocenters. The van der Waals surface area contributed by atoms with Gasteiger partial charge in [-0.15, -0.1) is 0 Å². The Bertz CT molecular complexity index is 391. The SMILES string of the molecule is CCOc1ccc(OCC(C)C(=O)N(C)OC)cc1. The van der Waals surface area contributed by atoms with Crippen LogP contribution in [0, 0.1) is 5.92 Å². The molecule has 5 heteroatoms. The fourth-order valence-electron chi connectivity index (χ4n) is 1.49. The van der Waals surface area contributed by atoms with Gasteiger partial charge in [0.1, 0.15) is 11.5 Å². The van der Waals surface area contributed by atoms with E-state index < -0.39 is 0 Å². The number of hydrogen-bond acceptors (Lipinski definition) is 4. The van der Waals surface area contributed by atoms with Crippen molar-refractivity contribution in [1.82, 2.24) is 5.06 Å². The lowest BCUT2D eigenvalue weighted by atomic mass is 10.2. The second-order valence-corrected chi connectivity index (χ2v) is 4.13. The summed E-state index contributed by atoms with van der Waals surface area (Å²) in [5, 5.41) is 1.20. The molecule has 0 bridgehead atoms. The summed E-state index contributed by atoms with van der Waals surface area (Å²) in [4.78, 5) is 16.6. The minimum absolute atomic E-state index is 0.117. The molecular weight excluding hydrogens is 246 g/mol. The molecule has 0 aromatic heterocycles. The van der Waals surface area contributed by atoms with Gasteiger partial charge in [0.05, 0.1) is 26.2 Å². The first-order chi connectivity index (χ1) is 9.08. The van der Waals surface area contributed by atoms with Crippen LogP contribution in [-0.2, 0) is 9.63 Å². The van der Waals surface area contributed by atoms with Crippen LogP contribution in [0.5, 0.6) is 11.5 Å². The van der Waals surface area contributed by atoms with E-state index in [1.165, 1.54) is 12.2 Å². The van der Waals surface area contributed by atoms with Crippen molar-refractivity contribution in [2.75, 3.05) is 27.4 Å². The normalized spacial score (nSPS) is 11.8. The molecule has 0 aliphatic rings. The van der Waals surface area contributed by atoms with Gasteiger partial charge < -0.3 is 9.47 Å². The molecule has 1 rings (SSSR count). The van der Waals surface area contributed by atoms with E-state index in [4.69, 9.17) is 14.3 Å². The highest BCUT2D eigenvalue weighted by Gasteiger charge is 2.18. The van der Waals surface area contributed by atoms with E-state index in [1.54, 1.807) is 14.0 Å². The molecule has 0 fully saturated rings. The highest BCUT2D eigenvalue weighted by atomic mass is 16.7. The van der Waals surface area contributed by atoms with Gasteiger partial charge in [-0.1, -0.05) is 6.92 Å². The molecule has 0 heterocycles. The maximum Gasteiger partial charge on any atom is 0.252 e. The van der Waals surface area contributed by atoms with Gasteiger partial charge in [0.25, 0.3) is 5.91 Å². The number of amides is 1. The summed E-state index contributed by atoms with van der Waals surface area (Å²) >= 11 is 0. The molecule has 106 valence electrons. The number of hydroxylamine groups is 2. The summed E-state index contributed by atoms with van der Waals surface area (Å²) in [5.74, 6) is 1.13. The standard InChI is InChI=1S/C14H21NO4/c1-5-18-12-6-8-13(9-7-12)19-10-11(2)14(16)15(3)17-4/h6-9,11H,5,10H2,1-4H3. The predicted molar refractivity (Wildman–Crippen MR) is 72.0 cm³/mol. The van der Waals surface area contributed by atoms with Gasteiger partial charge >= 0.3 is 0 Å². The largest absolute Gasteiger partial charge is 0.494 e. The van der Waals surface area contributed by atoms with Gasteiger partial charge in [0.2, 0.25) is 0 Å². The monoisotopic (exact) mass is 267 g/mol. The van der Waals surface area contributed by atoms with Crippen LogP contribution in [0.15, 0.2) is 24.3 Å². The van der Waals surface area contributed by atoms with Crippen LogP contribution in [0.4, 0.5) is 0 Å². The number of carbonyl (C=O) groups is 1. The zero-order valence-corrected chi connectivity index (χ0v) is 11.9. The fraction of sp³-hybridized carbons (Fsp3) is 0.500. The average molecular weight is 267 g/mol. The first-order valence-electron chi connectivity index (χ1n) is 6.25. The number of carbonyl (C=O) groups excluding carboxylic acids is 1. The number of benzene rings is 1. The number of ether oxygens (including phenoxy) is 2. The van der Waals surface area contributed by atoms with E-state index in [9.17, 15) is 4.79 Å². The van der Waals surface area contributed by atoms with E-state index in [2.05, 4.69) is 0 Å². The minimum Gasteiger partial charge on any atom is -0.494 e. The van der Waals surface area contributed by atoms with Crippen LogP contribution in [0.2, 0.25) is 0 Å². The fourth-order valence-corrected chi connectivity index (χ4v) is 1.49. The molecular formula is C14H21NO4. The van der Waals surface area contributed by atoms with E-state index in [0.29, 0.717) is 19.0 Å². The third kappa shape index (κ3) is 4.79. The molecule has 0 spiro atoms. The topological polar surface area (TPSA) is 48.0 Å². The summed E-state index contributed by atoms with van der Waals surface area (Å²) in [6.07, 6.45) is 0. The van der Waals surface area contributed by atoms with Crippen LogP contribution in [0.1, 0.15) is 13.8 Å². The molecule has 5 nitrogen and oxygen atoms in total. The Kier molecular flexibility index (Phi) is 6.15. The molecule has 0 aliphatic heterocycles. The van der Waals surface area contributed by atoms with Gasteiger partial charge in [-0.2, -0.15) is 0 Å². The smallest absolute Gasteiger partial charge is 0.252 e.